The lowest BCUT2D eigenvalue weighted by Gasteiger charge is -2.18. The SMILES string of the molecule is CCCCCOc1ccc(-c2c(C(=O)OC)c(C)nc(C)c2C(=O)OC)cc1OCC. The molecule has 0 saturated heterocycles. The fraction of sp³-hybridized carbons (Fsp3) is 0.458. The van der Waals surface area contributed by atoms with E-state index in [0.29, 0.717) is 47.2 Å². The largest absolute Gasteiger partial charge is 0.490 e. The summed E-state index contributed by atoms with van der Waals surface area (Å²) in [5, 5.41) is 0. The van der Waals surface area contributed by atoms with Crippen molar-refractivity contribution in [2.75, 3.05) is 27.4 Å². The minimum absolute atomic E-state index is 0.215. The second kappa shape index (κ2) is 11.3. The van der Waals surface area contributed by atoms with E-state index in [1.54, 1.807) is 32.0 Å². The highest BCUT2D eigenvalue weighted by Gasteiger charge is 2.27. The third kappa shape index (κ3) is 5.54. The third-order valence-corrected chi connectivity index (χ3v) is 4.88. The highest BCUT2D eigenvalue weighted by Crippen LogP contribution is 2.38. The number of benzene rings is 1. The summed E-state index contributed by atoms with van der Waals surface area (Å²) in [6.07, 6.45) is 3.14. The molecule has 7 heteroatoms. The molecule has 0 unspecified atom stereocenters. The number of nitrogens with zero attached hydrogens (tertiary/aromatic N) is 1. The Bertz CT molecular complexity index is 898. The average Bonchev–Trinajstić information content (AvgIpc) is 2.76. The molecule has 0 aliphatic heterocycles. The quantitative estimate of drug-likeness (QED) is 0.392. The molecule has 168 valence electrons. The number of rotatable bonds is 10. The van der Waals surface area contributed by atoms with Crippen LogP contribution in [0.4, 0.5) is 0 Å². The molecule has 2 aromatic rings. The predicted molar refractivity (Wildman–Crippen MR) is 118 cm³/mol. The van der Waals surface area contributed by atoms with Gasteiger partial charge in [0.05, 0.1) is 49.9 Å². The second-order valence-electron chi connectivity index (χ2n) is 7.04. The van der Waals surface area contributed by atoms with Crippen LogP contribution in [-0.2, 0) is 9.47 Å². The molecule has 0 bridgehead atoms. The predicted octanol–water partition coefficient (Wildman–Crippen LogP) is 4.91. The van der Waals surface area contributed by atoms with Gasteiger partial charge in [-0.15, -0.1) is 0 Å². The summed E-state index contributed by atoms with van der Waals surface area (Å²) in [7, 11) is 2.59. The zero-order valence-corrected chi connectivity index (χ0v) is 19.2. The standard InChI is InChI=1S/C24H31NO6/c1-7-9-10-13-31-18-12-11-17(14-19(18)30-8-2)22-20(23(26)28-5)15(3)25-16(4)21(22)24(27)29-6/h11-12,14H,7-10,13H2,1-6H3. The number of unbranched alkanes of at least 4 members (excludes halogenated alkanes) is 2. The van der Waals surface area contributed by atoms with Gasteiger partial charge in [-0.05, 0) is 44.9 Å². The molecule has 0 atom stereocenters. The fourth-order valence-electron chi connectivity index (χ4n) is 3.43. The van der Waals surface area contributed by atoms with Crippen molar-refractivity contribution in [1.29, 1.82) is 0 Å². The number of ether oxygens (including phenoxy) is 4. The fourth-order valence-corrected chi connectivity index (χ4v) is 3.43. The molecule has 7 nitrogen and oxygen atoms in total. The second-order valence-corrected chi connectivity index (χ2v) is 7.04. The molecule has 2 rings (SSSR count). The average molecular weight is 430 g/mol. The van der Waals surface area contributed by atoms with Crippen molar-refractivity contribution >= 4 is 11.9 Å². The minimum Gasteiger partial charge on any atom is -0.490 e. The van der Waals surface area contributed by atoms with E-state index in [2.05, 4.69) is 11.9 Å². The Morgan fingerprint density at radius 3 is 2.00 bits per heavy atom. The zero-order valence-electron chi connectivity index (χ0n) is 19.2. The van der Waals surface area contributed by atoms with E-state index in [9.17, 15) is 9.59 Å². The highest BCUT2D eigenvalue weighted by atomic mass is 16.5. The summed E-state index contributed by atoms with van der Waals surface area (Å²) in [6.45, 7) is 8.46. The van der Waals surface area contributed by atoms with Gasteiger partial charge < -0.3 is 18.9 Å². The van der Waals surface area contributed by atoms with Gasteiger partial charge in [-0.3, -0.25) is 4.98 Å². The van der Waals surface area contributed by atoms with Gasteiger partial charge in [0.15, 0.2) is 11.5 Å². The van der Waals surface area contributed by atoms with E-state index in [0.717, 1.165) is 19.3 Å². The van der Waals surface area contributed by atoms with E-state index in [1.807, 2.05) is 6.92 Å². The van der Waals surface area contributed by atoms with Crippen molar-refractivity contribution in [2.24, 2.45) is 0 Å². The molecule has 0 N–H and O–H groups in total. The molecule has 0 amide bonds. The molecule has 0 aliphatic rings. The van der Waals surface area contributed by atoms with E-state index in [-0.39, 0.29) is 11.1 Å². The van der Waals surface area contributed by atoms with Crippen LogP contribution in [0.15, 0.2) is 18.2 Å². The summed E-state index contributed by atoms with van der Waals surface area (Å²) < 4.78 is 21.7. The minimum atomic E-state index is -0.581. The van der Waals surface area contributed by atoms with Crippen molar-refractivity contribution < 1.29 is 28.5 Å². The molecule has 1 heterocycles. The summed E-state index contributed by atoms with van der Waals surface area (Å²) in [5.41, 5.74) is 2.37. The lowest BCUT2D eigenvalue weighted by atomic mass is 9.92. The van der Waals surface area contributed by atoms with Crippen molar-refractivity contribution in [3.05, 3.63) is 40.7 Å². The third-order valence-electron chi connectivity index (χ3n) is 4.88. The van der Waals surface area contributed by atoms with Gasteiger partial charge in [-0.2, -0.15) is 0 Å². The van der Waals surface area contributed by atoms with Crippen molar-refractivity contribution in [3.8, 4) is 22.6 Å². The van der Waals surface area contributed by atoms with Crippen LogP contribution in [0, 0.1) is 13.8 Å². The normalized spacial score (nSPS) is 10.5. The number of esters is 2. The van der Waals surface area contributed by atoms with E-state index < -0.39 is 11.9 Å². The first-order valence-electron chi connectivity index (χ1n) is 10.5. The van der Waals surface area contributed by atoms with E-state index in [4.69, 9.17) is 18.9 Å². The first kappa shape index (κ1) is 24.2. The molecular formula is C24H31NO6. The Balaban J connectivity index is 2.68. The van der Waals surface area contributed by atoms with Gasteiger partial charge in [-0.1, -0.05) is 25.8 Å². The number of pyridine rings is 1. The maximum absolute atomic E-state index is 12.6. The van der Waals surface area contributed by atoms with Gasteiger partial charge in [-0.25, -0.2) is 9.59 Å². The smallest absolute Gasteiger partial charge is 0.340 e. The van der Waals surface area contributed by atoms with E-state index >= 15 is 0 Å². The van der Waals surface area contributed by atoms with Gasteiger partial charge in [0.25, 0.3) is 0 Å². The van der Waals surface area contributed by atoms with Crippen molar-refractivity contribution in [1.82, 2.24) is 4.98 Å². The maximum atomic E-state index is 12.6. The van der Waals surface area contributed by atoms with Gasteiger partial charge in [0.1, 0.15) is 0 Å². The highest BCUT2D eigenvalue weighted by molar-refractivity contribution is 6.07. The summed E-state index contributed by atoms with van der Waals surface area (Å²) in [4.78, 5) is 29.6. The van der Waals surface area contributed by atoms with Crippen LogP contribution in [0.1, 0.15) is 65.2 Å². The Morgan fingerprint density at radius 2 is 1.48 bits per heavy atom. The number of hydrogen-bond donors (Lipinski definition) is 0. The Hall–Kier alpha value is -3.09. The topological polar surface area (TPSA) is 84.0 Å². The van der Waals surface area contributed by atoms with Gasteiger partial charge >= 0.3 is 11.9 Å². The molecular weight excluding hydrogens is 398 g/mol. The lowest BCUT2D eigenvalue weighted by molar-refractivity contribution is 0.0599. The summed E-state index contributed by atoms with van der Waals surface area (Å²) in [6, 6.07) is 5.36. The van der Waals surface area contributed by atoms with Gasteiger partial charge in [0.2, 0.25) is 0 Å². The van der Waals surface area contributed by atoms with Crippen molar-refractivity contribution in [3.63, 3.8) is 0 Å². The number of aryl methyl sites for hydroxylation is 2. The molecule has 31 heavy (non-hydrogen) atoms. The maximum Gasteiger partial charge on any atom is 0.340 e. The number of aromatic nitrogens is 1. The Kier molecular flexibility index (Phi) is 8.85. The van der Waals surface area contributed by atoms with Crippen LogP contribution in [0.3, 0.4) is 0 Å². The summed E-state index contributed by atoms with van der Waals surface area (Å²) >= 11 is 0. The van der Waals surface area contributed by atoms with Crippen LogP contribution in [-0.4, -0.2) is 44.4 Å². The van der Waals surface area contributed by atoms with Crippen LogP contribution in [0.2, 0.25) is 0 Å². The van der Waals surface area contributed by atoms with Crippen LogP contribution >= 0.6 is 0 Å². The van der Waals surface area contributed by atoms with Crippen molar-refractivity contribution in [2.45, 2.75) is 47.0 Å². The number of carbonyl (C=O) groups excluding carboxylic acids is 2. The Labute approximate surface area is 183 Å². The molecule has 0 radical (unpaired) electrons. The van der Waals surface area contributed by atoms with Crippen LogP contribution in [0.5, 0.6) is 11.5 Å². The zero-order chi connectivity index (χ0) is 23.0. The van der Waals surface area contributed by atoms with Crippen LogP contribution in [0.25, 0.3) is 11.1 Å². The lowest BCUT2D eigenvalue weighted by Crippen LogP contribution is -2.16. The monoisotopic (exact) mass is 429 g/mol. The molecule has 1 aromatic heterocycles. The van der Waals surface area contributed by atoms with E-state index in [1.165, 1.54) is 14.2 Å². The molecule has 0 fully saturated rings. The van der Waals surface area contributed by atoms with Gasteiger partial charge in [0, 0.05) is 5.56 Å². The Morgan fingerprint density at radius 1 is 0.871 bits per heavy atom. The first-order chi connectivity index (χ1) is 14.9. The first-order valence-corrected chi connectivity index (χ1v) is 10.5. The van der Waals surface area contributed by atoms with Crippen LogP contribution < -0.4 is 9.47 Å². The molecule has 0 spiro atoms. The number of hydrogen-bond acceptors (Lipinski definition) is 7. The number of methoxy groups -OCH3 is 2. The summed E-state index contributed by atoms with van der Waals surface area (Å²) in [5.74, 6) is -0.00954. The molecule has 0 aliphatic carbocycles. The molecule has 1 aromatic carbocycles. The number of carbonyl (C=O) groups is 2. The molecule has 0 saturated carbocycles.